The average Bonchev–Trinajstić information content (AvgIpc) is 2.80. The summed E-state index contributed by atoms with van der Waals surface area (Å²) >= 11 is 5.99. The van der Waals surface area contributed by atoms with Gasteiger partial charge in [-0.3, -0.25) is 4.90 Å². The highest BCUT2D eigenvalue weighted by Gasteiger charge is 2.25. The summed E-state index contributed by atoms with van der Waals surface area (Å²) in [6.07, 6.45) is 3.68. The number of hydrogen-bond donors (Lipinski definition) is 1. The molecule has 166 valence electrons. The van der Waals surface area contributed by atoms with E-state index < -0.39 is 0 Å². The predicted molar refractivity (Wildman–Crippen MR) is 128 cm³/mol. The lowest BCUT2D eigenvalue weighted by Crippen LogP contribution is -2.52. The maximum atomic E-state index is 12.5. The number of rotatable bonds is 6. The second kappa shape index (κ2) is 11.0. The van der Waals surface area contributed by atoms with Crippen molar-refractivity contribution in [2.75, 3.05) is 57.7 Å². The lowest BCUT2D eigenvalue weighted by Gasteiger charge is -2.39. The van der Waals surface area contributed by atoms with Gasteiger partial charge in [-0.15, -0.1) is 0 Å². The van der Waals surface area contributed by atoms with Gasteiger partial charge in [-0.05, 0) is 61.6 Å². The summed E-state index contributed by atoms with van der Waals surface area (Å²) in [5.41, 5.74) is 2.22. The van der Waals surface area contributed by atoms with Gasteiger partial charge in [0.1, 0.15) is 0 Å². The zero-order valence-electron chi connectivity index (χ0n) is 18.2. The van der Waals surface area contributed by atoms with Crippen molar-refractivity contribution in [3.63, 3.8) is 0 Å². The van der Waals surface area contributed by atoms with E-state index in [-0.39, 0.29) is 6.03 Å². The highest BCUT2D eigenvalue weighted by molar-refractivity contribution is 6.30. The Bertz CT molecular complexity index is 821. The van der Waals surface area contributed by atoms with Crippen molar-refractivity contribution in [2.24, 2.45) is 5.92 Å². The van der Waals surface area contributed by atoms with Gasteiger partial charge in [0.2, 0.25) is 0 Å². The van der Waals surface area contributed by atoms with Gasteiger partial charge in [-0.25, -0.2) is 4.79 Å². The Morgan fingerprint density at radius 1 is 0.935 bits per heavy atom. The number of hydrogen-bond acceptors (Lipinski definition) is 3. The normalized spacial score (nSPS) is 20.5. The molecular weight excluding hydrogens is 408 g/mol. The molecule has 0 aromatic heterocycles. The molecule has 31 heavy (non-hydrogen) atoms. The zero-order valence-corrected chi connectivity index (χ0v) is 18.9. The SMILES string of the molecule is O=C(Nc1ccccc1)N1CCN(C[C@@H]2CCCN(CCc3ccc(Cl)cc3)C2)CC1. The molecule has 0 bridgehead atoms. The van der Waals surface area contributed by atoms with Crippen LogP contribution in [0.5, 0.6) is 0 Å². The number of nitrogens with zero attached hydrogens (tertiary/aromatic N) is 3. The summed E-state index contributed by atoms with van der Waals surface area (Å²) in [6, 6.07) is 17.9. The Morgan fingerprint density at radius 2 is 1.68 bits per heavy atom. The molecule has 2 heterocycles. The first-order valence-electron chi connectivity index (χ1n) is 11.5. The molecule has 2 aliphatic rings. The molecule has 2 amide bonds. The van der Waals surface area contributed by atoms with Crippen LogP contribution in [0.4, 0.5) is 10.5 Å². The third-order valence-electron chi connectivity index (χ3n) is 6.43. The number of piperazine rings is 1. The van der Waals surface area contributed by atoms with Crippen molar-refractivity contribution in [1.82, 2.24) is 14.7 Å². The monoisotopic (exact) mass is 440 g/mol. The highest BCUT2D eigenvalue weighted by atomic mass is 35.5. The molecule has 0 spiro atoms. The number of urea groups is 1. The van der Waals surface area contributed by atoms with Crippen molar-refractivity contribution in [3.05, 3.63) is 65.2 Å². The third kappa shape index (κ3) is 6.70. The lowest BCUT2D eigenvalue weighted by molar-refractivity contribution is 0.101. The van der Waals surface area contributed by atoms with Crippen molar-refractivity contribution < 1.29 is 4.79 Å². The smallest absolute Gasteiger partial charge is 0.321 e. The second-order valence-electron chi connectivity index (χ2n) is 8.77. The summed E-state index contributed by atoms with van der Waals surface area (Å²) in [5, 5.41) is 3.80. The van der Waals surface area contributed by atoms with E-state index in [1.165, 1.54) is 31.5 Å². The number of likely N-dealkylation sites (tertiary alicyclic amines) is 1. The molecule has 2 aliphatic heterocycles. The van der Waals surface area contributed by atoms with E-state index in [4.69, 9.17) is 11.6 Å². The van der Waals surface area contributed by atoms with Gasteiger partial charge in [0, 0.05) is 56.5 Å². The molecule has 6 heteroatoms. The summed E-state index contributed by atoms with van der Waals surface area (Å²) < 4.78 is 0. The highest BCUT2D eigenvalue weighted by Crippen LogP contribution is 2.20. The van der Waals surface area contributed by atoms with Crippen LogP contribution in [-0.4, -0.2) is 73.1 Å². The molecule has 4 rings (SSSR count). The van der Waals surface area contributed by atoms with Crippen LogP contribution in [0.1, 0.15) is 18.4 Å². The Labute approximate surface area is 191 Å². The van der Waals surface area contributed by atoms with Crippen LogP contribution >= 0.6 is 11.6 Å². The number of amides is 2. The third-order valence-corrected chi connectivity index (χ3v) is 6.69. The van der Waals surface area contributed by atoms with Gasteiger partial charge in [-0.2, -0.15) is 0 Å². The van der Waals surface area contributed by atoms with Crippen molar-refractivity contribution >= 4 is 23.3 Å². The molecule has 0 saturated carbocycles. The summed E-state index contributed by atoms with van der Waals surface area (Å²) in [5.74, 6) is 0.726. The number of para-hydroxylation sites is 1. The van der Waals surface area contributed by atoms with Crippen molar-refractivity contribution in [3.8, 4) is 0 Å². The Kier molecular flexibility index (Phi) is 7.84. The maximum Gasteiger partial charge on any atom is 0.321 e. The molecule has 5 nitrogen and oxygen atoms in total. The largest absolute Gasteiger partial charge is 0.322 e. The zero-order chi connectivity index (χ0) is 21.5. The maximum absolute atomic E-state index is 12.5. The second-order valence-corrected chi connectivity index (χ2v) is 9.21. The standard InChI is InChI=1S/C25H33ClN4O/c26-23-10-8-21(9-11-23)12-14-28-13-4-5-22(19-28)20-29-15-17-30(18-16-29)25(31)27-24-6-2-1-3-7-24/h1-3,6-11,22H,4-5,12-20H2,(H,27,31)/t22-/m1/s1. The Hall–Kier alpha value is -2.08. The average molecular weight is 441 g/mol. The fourth-order valence-electron chi connectivity index (χ4n) is 4.66. The number of halogens is 1. The van der Waals surface area contributed by atoms with Gasteiger partial charge in [-0.1, -0.05) is 41.9 Å². The molecule has 2 aromatic rings. The van der Waals surface area contributed by atoms with Crippen LogP contribution in [0.25, 0.3) is 0 Å². The van der Waals surface area contributed by atoms with Gasteiger partial charge < -0.3 is 15.1 Å². The van der Waals surface area contributed by atoms with Crippen LogP contribution < -0.4 is 5.32 Å². The van der Waals surface area contributed by atoms with E-state index in [1.807, 2.05) is 47.4 Å². The lowest BCUT2D eigenvalue weighted by atomic mass is 9.96. The topological polar surface area (TPSA) is 38.8 Å². The number of carbonyl (C=O) groups excluding carboxylic acids is 1. The molecule has 0 unspecified atom stereocenters. The van der Waals surface area contributed by atoms with Crippen LogP contribution in [0.3, 0.4) is 0 Å². The molecule has 2 fully saturated rings. The number of benzene rings is 2. The minimum Gasteiger partial charge on any atom is -0.322 e. The van der Waals surface area contributed by atoms with Gasteiger partial charge in [0.15, 0.2) is 0 Å². The first-order chi connectivity index (χ1) is 15.2. The van der Waals surface area contributed by atoms with Gasteiger partial charge in [0.25, 0.3) is 0 Å². The summed E-state index contributed by atoms with van der Waals surface area (Å²) in [7, 11) is 0. The molecule has 0 aliphatic carbocycles. The van der Waals surface area contributed by atoms with Gasteiger partial charge in [0.05, 0.1) is 0 Å². The van der Waals surface area contributed by atoms with Crippen LogP contribution in [-0.2, 0) is 6.42 Å². The number of piperidine rings is 1. The van der Waals surface area contributed by atoms with Crippen LogP contribution in [0.15, 0.2) is 54.6 Å². The van der Waals surface area contributed by atoms with E-state index in [9.17, 15) is 4.79 Å². The van der Waals surface area contributed by atoms with Crippen LogP contribution in [0, 0.1) is 5.92 Å². The molecular formula is C25H33ClN4O. The van der Waals surface area contributed by atoms with E-state index in [1.54, 1.807) is 0 Å². The first kappa shape index (κ1) is 22.1. The first-order valence-corrected chi connectivity index (χ1v) is 11.8. The fourth-order valence-corrected chi connectivity index (χ4v) is 4.79. The number of nitrogens with one attached hydrogen (secondary N) is 1. The van der Waals surface area contributed by atoms with Crippen molar-refractivity contribution in [1.29, 1.82) is 0 Å². The number of carbonyl (C=O) groups is 1. The molecule has 0 radical (unpaired) electrons. The van der Waals surface area contributed by atoms with E-state index in [0.717, 1.165) is 62.3 Å². The Morgan fingerprint density at radius 3 is 2.42 bits per heavy atom. The molecule has 2 aromatic carbocycles. The van der Waals surface area contributed by atoms with Gasteiger partial charge >= 0.3 is 6.03 Å². The van der Waals surface area contributed by atoms with Crippen LogP contribution in [0.2, 0.25) is 5.02 Å². The van der Waals surface area contributed by atoms with E-state index in [0.29, 0.717) is 0 Å². The molecule has 1 atom stereocenters. The Balaban J connectivity index is 1.17. The predicted octanol–water partition coefficient (Wildman–Crippen LogP) is 4.44. The molecule has 2 saturated heterocycles. The molecule has 1 N–H and O–H groups in total. The minimum absolute atomic E-state index is 0.0110. The number of anilines is 1. The quantitative estimate of drug-likeness (QED) is 0.721. The minimum atomic E-state index is 0.0110. The summed E-state index contributed by atoms with van der Waals surface area (Å²) in [4.78, 5) is 19.6. The van der Waals surface area contributed by atoms with E-state index >= 15 is 0 Å². The fraction of sp³-hybridized carbons (Fsp3) is 0.480. The summed E-state index contributed by atoms with van der Waals surface area (Å²) in [6.45, 7) is 8.17. The van der Waals surface area contributed by atoms with Crippen molar-refractivity contribution in [2.45, 2.75) is 19.3 Å². The van der Waals surface area contributed by atoms with E-state index in [2.05, 4.69) is 27.2 Å².